The van der Waals surface area contributed by atoms with Gasteiger partial charge in [0.05, 0.1) is 22.5 Å². The van der Waals surface area contributed by atoms with Gasteiger partial charge in [-0.2, -0.15) is 5.10 Å². The number of carbonyl (C=O) groups is 1. The van der Waals surface area contributed by atoms with Crippen LogP contribution in [0, 0.1) is 12.8 Å². The van der Waals surface area contributed by atoms with Gasteiger partial charge in [-0.1, -0.05) is 60.9 Å². The van der Waals surface area contributed by atoms with Crippen LogP contribution in [0.4, 0.5) is 0 Å². The van der Waals surface area contributed by atoms with Gasteiger partial charge in [0, 0.05) is 31.1 Å². The van der Waals surface area contributed by atoms with E-state index in [-0.39, 0.29) is 24.2 Å². The van der Waals surface area contributed by atoms with Crippen molar-refractivity contribution in [1.29, 1.82) is 0 Å². The molecule has 172 valence electrons. The van der Waals surface area contributed by atoms with Crippen molar-refractivity contribution in [2.24, 2.45) is 13.0 Å². The summed E-state index contributed by atoms with van der Waals surface area (Å²) in [6.07, 6.45) is 10.4. The number of ketones is 1. The van der Waals surface area contributed by atoms with E-state index in [2.05, 4.69) is 34.3 Å². The average molecular weight is 464 g/mol. The Bertz CT molecular complexity index is 1150. The Hall–Kier alpha value is -2.76. The lowest BCUT2D eigenvalue weighted by atomic mass is 9.86. The third-order valence-electron chi connectivity index (χ3n) is 6.31. The van der Waals surface area contributed by atoms with Crippen LogP contribution in [-0.2, 0) is 13.5 Å². The quantitative estimate of drug-likeness (QED) is 0.359. The van der Waals surface area contributed by atoms with E-state index in [0.29, 0.717) is 22.8 Å². The smallest absolute Gasteiger partial charge is 0.184 e. The second kappa shape index (κ2) is 10.4. The molecule has 1 fully saturated rings. The standard InChI is InChI=1S/C27H30ClN3O2/c1-18-27(28)22(16-19-10-12-20(13-11-19)23-14-15-31(2)30-23)17-24(29-18)26(33)9-5-7-21-6-3-4-8-25(21)32/h5,7,10-15,17,21,25,32H,3-4,6,8-9,16H2,1-2H3/b7-5+/t21?,25-/m0/s1. The van der Waals surface area contributed by atoms with E-state index < -0.39 is 0 Å². The third kappa shape index (κ3) is 5.79. The van der Waals surface area contributed by atoms with Gasteiger partial charge in [0.2, 0.25) is 0 Å². The highest BCUT2D eigenvalue weighted by Gasteiger charge is 2.20. The summed E-state index contributed by atoms with van der Waals surface area (Å²) in [6, 6.07) is 12.0. The summed E-state index contributed by atoms with van der Waals surface area (Å²) in [5.41, 5.74) is 5.09. The molecule has 6 heteroatoms. The number of hydrogen-bond acceptors (Lipinski definition) is 4. The minimum Gasteiger partial charge on any atom is -0.393 e. The van der Waals surface area contributed by atoms with E-state index in [1.807, 2.05) is 44.5 Å². The molecule has 2 aromatic heterocycles. The SMILES string of the molecule is Cc1nc(C(=O)C/C=C/C2CCCC[C@@H]2O)cc(Cc2ccc(-c3ccn(C)n3)cc2)c1Cl. The van der Waals surface area contributed by atoms with Crippen LogP contribution in [-0.4, -0.2) is 31.8 Å². The molecule has 1 saturated carbocycles. The van der Waals surface area contributed by atoms with Gasteiger partial charge in [-0.3, -0.25) is 9.48 Å². The maximum absolute atomic E-state index is 12.8. The topological polar surface area (TPSA) is 68.0 Å². The Kier molecular flexibility index (Phi) is 7.41. The van der Waals surface area contributed by atoms with Crippen molar-refractivity contribution < 1.29 is 9.90 Å². The van der Waals surface area contributed by atoms with Crippen LogP contribution in [0.25, 0.3) is 11.3 Å². The summed E-state index contributed by atoms with van der Waals surface area (Å²) in [5, 5.41) is 15.1. The van der Waals surface area contributed by atoms with Crippen molar-refractivity contribution in [2.75, 3.05) is 0 Å². The second-order valence-corrected chi connectivity index (χ2v) is 9.26. The van der Waals surface area contributed by atoms with Crippen molar-refractivity contribution in [1.82, 2.24) is 14.8 Å². The summed E-state index contributed by atoms with van der Waals surface area (Å²) in [6.45, 7) is 1.83. The molecule has 1 aliphatic rings. The first kappa shape index (κ1) is 23.4. The number of aliphatic hydroxyl groups excluding tert-OH is 1. The lowest BCUT2D eigenvalue weighted by Gasteiger charge is -2.24. The second-order valence-electron chi connectivity index (χ2n) is 8.89. The molecule has 0 spiro atoms. The normalized spacial score (nSPS) is 18.7. The van der Waals surface area contributed by atoms with E-state index in [4.69, 9.17) is 11.6 Å². The summed E-state index contributed by atoms with van der Waals surface area (Å²) in [5.74, 6) is 0.110. The van der Waals surface area contributed by atoms with Gasteiger partial charge in [-0.05, 0) is 49.4 Å². The number of carbonyl (C=O) groups excluding carboxylic acids is 1. The molecule has 4 rings (SSSR count). The number of benzene rings is 1. The van der Waals surface area contributed by atoms with Crippen molar-refractivity contribution >= 4 is 17.4 Å². The van der Waals surface area contributed by atoms with E-state index in [1.165, 1.54) is 0 Å². The Morgan fingerprint density at radius 3 is 2.67 bits per heavy atom. The molecule has 2 heterocycles. The molecule has 33 heavy (non-hydrogen) atoms. The molecule has 2 atom stereocenters. The molecule has 0 bridgehead atoms. The molecule has 0 aliphatic heterocycles. The largest absolute Gasteiger partial charge is 0.393 e. The highest BCUT2D eigenvalue weighted by Crippen LogP contribution is 2.27. The van der Waals surface area contributed by atoms with Crippen molar-refractivity contribution in [3.8, 4) is 11.3 Å². The van der Waals surface area contributed by atoms with Crippen LogP contribution in [0.1, 0.15) is 59.4 Å². The number of aliphatic hydroxyl groups is 1. The summed E-state index contributed by atoms with van der Waals surface area (Å²) in [7, 11) is 1.90. The van der Waals surface area contributed by atoms with Crippen LogP contribution in [0.3, 0.4) is 0 Å². The first-order valence-electron chi connectivity index (χ1n) is 11.5. The molecule has 0 amide bonds. The Labute approximate surface area is 200 Å². The fourth-order valence-corrected chi connectivity index (χ4v) is 4.56. The lowest BCUT2D eigenvalue weighted by molar-refractivity contribution is 0.0920. The van der Waals surface area contributed by atoms with Crippen LogP contribution in [0.2, 0.25) is 5.02 Å². The van der Waals surface area contributed by atoms with Gasteiger partial charge in [-0.15, -0.1) is 0 Å². The molecule has 1 aliphatic carbocycles. The summed E-state index contributed by atoms with van der Waals surface area (Å²) in [4.78, 5) is 17.2. The molecule has 1 unspecified atom stereocenters. The highest BCUT2D eigenvalue weighted by atomic mass is 35.5. The molecular formula is C27H30ClN3O2. The molecule has 1 N–H and O–H groups in total. The average Bonchev–Trinajstić information content (AvgIpc) is 3.24. The zero-order valence-corrected chi connectivity index (χ0v) is 19.9. The molecule has 0 saturated heterocycles. The molecule has 5 nitrogen and oxygen atoms in total. The maximum atomic E-state index is 12.8. The van der Waals surface area contributed by atoms with Gasteiger partial charge in [0.15, 0.2) is 5.78 Å². The number of halogens is 1. The van der Waals surface area contributed by atoms with Crippen molar-refractivity contribution in [3.63, 3.8) is 0 Å². The van der Waals surface area contributed by atoms with Gasteiger partial charge in [0.1, 0.15) is 5.69 Å². The highest BCUT2D eigenvalue weighted by molar-refractivity contribution is 6.32. The fraction of sp³-hybridized carbons (Fsp3) is 0.370. The summed E-state index contributed by atoms with van der Waals surface area (Å²) < 4.78 is 1.79. The minimum absolute atomic E-state index is 0.0388. The zero-order chi connectivity index (χ0) is 23.4. The molecular weight excluding hydrogens is 434 g/mol. The van der Waals surface area contributed by atoms with Gasteiger partial charge in [-0.25, -0.2) is 4.98 Å². The number of rotatable bonds is 7. The van der Waals surface area contributed by atoms with Gasteiger partial charge in [0.25, 0.3) is 0 Å². The lowest BCUT2D eigenvalue weighted by Crippen LogP contribution is -2.22. The van der Waals surface area contributed by atoms with Crippen molar-refractivity contribution in [2.45, 2.75) is 51.6 Å². The zero-order valence-electron chi connectivity index (χ0n) is 19.2. The number of hydrogen-bond donors (Lipinski definition) is 1. The van der Waals surface area contributed by atoms with Gasteiger partial charge < -0.3 is 5.11 Å². The Balaban J connectivity index is 1.45. The van der Waals surface area contributed by atoms with E-state index in [0.717, 1.165) is 48.1 Å². The fourth-order valence-electron chi connectivity index (χ4n) is 4.40. The van der Waals surface area contributed by atoms with Crippen LogP contribution in [0.5, 0.6) is 0 Å². The third-order valence-corrected chi connectivity index (χ3v) is 6.83. The number of Topliss-reactive ketones (excluding diaryl/α,β-unsaturated/α-hetero) is 1. The first-order valence-corrected chi connectivity index (χ1v) is 11.9. The monoisotopic (exact) mass is 463 g/mol. The maximum Gasteiger partial charge on any atom is 0.184 e. The van der Waals surface area contributed by atoms with Crippen LogP contribution >= 0.6 is 11.6 Å². The Morgan fingerprint density at radius 2 is 1.97 bits per heavy atom. The first-order chi connectivity index (χ1) is 15.9. The van der Waals surface area contributed by atoms with Crippen LogP contribution in [0.15, 0.2) is 54.7 Å². The van der Waals surface area contributed by atoms with Gasteiger partial charge >= 0.3 is 0 Å². The Morgan fingerprint density at radius 1 is 1.21 bits per heavy atom. The minimum atomic E-state index is -0.295. The van der Waals surface area contributed by atoms with Crippen molar-refractivity contribution in [3.05, 3.63) is 82.3 Å². The van der Waals surface area contributed by atoms with Crippen LogP contribution < -0.4 is 0 Å². The molecule has 1 aromatic carbocycles. The predicted molar refractivity (Wildman–Crippen MR) is 131 cm³/mol. The van der Waals surface area contributed by atoms with E-state index >= 15 is 0 Å². The molecule has 3 aromatic rings. The number of aryl methyl sites for hydroxylation is 2. The summed E-state index contributed by atoms with van der Waals surface area (Å²) >= 11 is 6.54. The number of pyridine rings is 1. The molecule has 0 radical (unpaired) electrons. The van der Waals surface area contributed by atoms with E-state index in [1.54, 1.807) is 4.68 Å². The predicted octanol–water partition coefficient (Wildman–Crippen LogP) is 5.71. The number of aromatic nitrogens is 3. The number of nitrogens with zero attached hydrogens (tertiary/aromatic N) is 3. The van der Waals surface area contributed by atoms with E-state index in [9.17, 15) is 9.90 Å². The number of allylic oxidation sites excluding steroid dienone is 1.